The number of hydrogen-bond acceptors (Lipinski definition) is 4. The van der Waals surface area contributed by atoms with Gasteiger partial charge in [0, 0.05) is 24.5 Å². The first-order valence-corrected chi connectivity index (χ1v) is 5.13. The van der Waals surface area contributed by atoms with Gasteiger partial charge in [0.1, 0.15) is 0 Å². The van der Waals surface area contributed by atoms with Crippen LogP contribution in [0.3, 0.4) is 0 Å². The summed E-state index contributed by atoms with van der Waals surface area (Å²) in [4.78, 5) is 19.7. The van der Waals surface area contributed by atoms with Gasteiger partial charge in [-0.1, -0.05) is 0 Å². The third-order valence-corrected chi connectivity index (χ3v) is 2.41. The maximum Gasteiger partial charge on any atom is 0.250 e. The Morgan fingerprint density at radius 3 is 2.59 bits per heavy atom. The fourth-order valence-electron chi connectivity index (χ4n) is 1.64. The maximum atomic E-state index is 11.3. The van der Waals surface area contributed by atoms with Crippen molar-refractivity contribution < 1.29 is 4.79 Å². The number of pyridine rings is 2. The van der Waals surface area contributed by atoms with Crippen LogP contribution in [-0.2, 0) is 6.54 Å². The Kier molecular flexibility index (Phi) is 3.11. The summed E-state index contributed by atoms with van der Waals surface area (Å²) in [7, 11) is 0. The van der Waals surface area contributed by atoms with Crippen LogP contribution in [0.15, 0.2) is 36.7 Å². The van der Waals surface area contributed by atoms with E-state index in [1.54, 1.807) is 30.6 Å². The number of hydrogen-bond donors (Lipinski definition) is 2. The van der Waals surface area contributed by atoms with Gasteiger partial charge >= 0.3 is 0 Å². The van der Waals surface area contributed by atoms with E-state index >= 15 is 0 Å². The predicted octanol–water partition coefficient (Wildman–Crippen LogP) is 0.701. The molecular weight excluding hydrogens is 216 g/mol. The molecule has 2 aromatic rings. The number of amides is 1. The summed E-state index contributed by atoms with van der Waals surface area (Å²) in [6, 6.07) is 6.90. The van der Waals surface area contributed by atoms with E-state index in [9.17, 15) is 4.79 Å². The summed E-state index contributed by atoms with van der Waals surface area (Å²) >= 11 is 0. The molecule has 2 heterocycles. The monoisotopic (exact) mass is 228 g/mol. The van der Waals surface area contributed by atoms with E-state index in [4.69, 9.17) is 11.5 Å². The lowest BCUT2D eigenvalue weighted by molar-refractivity contribution is 0.100. The molecule has 0 spiro atoms. The third kappa shape index (κ3) is 2.14. The molecule has 0 saturated heterocycles. The van der Waals surface area contributed by atoms with Crippen LogP contribution < -0.4 is 11.5 Å². The average Bonchev–Trinajstić information content (AvgIpc) is 2.38. The fourth-order valence-corrected chi connectivity index (χ4v) is 1.64. The van der Waals surface area contributed by atoms with E-state index in [0.717, 1.165) is 5.56 Å². The van der Waals surface area contributed by atoms with Crippen molar-refractivity contribution in [2.24, 2.45) is 11.5 Å². The molecule has 0 aliphatic heterocycles. The summed E-state index contributed by atoms with van der Waals surface area (Å²) in [5, 5.41) is 0. The first-order valence-electron chi connectivity index (χ1n) is 5.13. The molecule has 0 bridgehead atoms. The molecule has 4 N–H and O–H groups in total. The number of carbonyl (C=O) groups is 1. The minimum atomic E-state index is -0.514. The Morgan fingerprint density at radius 2 is 1.88 bits per heavy atom. The van der Waals surface area contributed by atoms with Crippen LogP contribution in [0.5, 0.6) is 0 Å². The summed E-state index contributed by atoms with van der Waals surface area (Å²) < 4.78 is 0. The molecule has 0 aliphatic rings. The first-order chi connectivity index (χ1) is 8.24. The van der Waals surface area contributed by atoms with Crippen molar-refractivity contribution in [3.8, 4) is 11.3 Å². The van der Waals surface area contributed by atoms with Gasteiger partial charge in [-0.15, -0.1) is 0 Å². The second kappa shape index (κ2) is 4.71. The summed E-state index contributed by atoms with van der Waals surface area (Å²) in [5.41, 5.74) is 13.2. The highest BCUT2D eigenvalue weighted by molar-refractivity contribution is 5.98. The minimum absolute atomic E-state index is 0.283. The van der Waals surface area contributed by atoms with Crippen LogP contribution in [0.4, 0.5) is 0 Å². The standard InChI is InChI=1S/C12H12N4O/c13-7-10-8(3-1-5-15-10)11-9(12(14)17)4-2-6-16-11/h1-6H,7,13H2,(H2,14,17). The number of rotatable bonds is 3. The predicted molar refractivity (Wildman–Crippen MR) is 63.9 cm³/mol. The normalized spacial score (nSPS) is 10.2. The van der Waals surface area contributed by atoms with E-state index in [2.05, 4.69) is 9.97 Å². The van der Waals surface area contributed by atoms with E-state index in [0.29, 0.717) is 17.0 Å². The Labute approximate surface area is 98.5 Å². The second-order valence-electron chi connectivity index (χ2n) is 3.47. The van der Waals surface area contributed by atoms with E-state index in [1.165, 1.54) is 0 Å². The second-order valence-corrected chi connectivity index (χ2v) is 3.47. The third-order valence-electron chi connectivity index (χ3n) is 2.41. The van der Waals surface area contributed by atoms with Gasteiger partial charge in [-0.05, 0) is 24.3 Å². The van der Waals surface area contributed by atoms with E-state index in [1.807, 2.05) is 6.07 Å². The number of aromatic nitrogens is 2. The first kappa shape index (κ1) is 11.2. The van der Waals surface area contributed by atoms with E-state index in [-0.39, 0.29) is 6.54 Å². The summed E-state index contributed by atoms with van der Waals surface area (Å²) in [6.07, 6.45) is 3.26. The topological polar surface area (TPSA) is 94.9 Å². The molecule has 2 aromatic heterocycles. The molecule has 17 heavy (non-hydrogen) atoms. The molecule has 0 saturated carbocycles. The molecule has 5 heteroatoms. The van der Waals surface area contributed by atoms with Crippen LogP contribution >= 0.6 is 0 Å². The lowest BCUT2D eigenvalue weighted by Gasteiger charge is -2.08. The number of nitrogens with zero attached hydrogens (tertiary/aromatic N) is 2. The Morgan fingerprint density at radius 1 is 1.18 bits per heavy atom. The molecule has 1 amide bonds. The van der Waals surface area contributed by atoms with Gasteiger partial charge in [-0.25, -0.2) is 0 Å². The molecule has 5 nitrogen and oxygen atoms in total. The highest BCUT2D eigenvalue weighted by Gasteiger charge is 2.13. The molecule has 2 rings (SSSR count). The van der Waals surface area contributed by atoms with Crippen molar-refractivity contribution >= 4 is 5.91 Å². The van der Waals surface area contributed by atoms with Crippen molar-refractivity contribution in [2.45, 2.75) is 6.54 Å². The highest BCUT2D eigenvalue weighted by Crippen LogP contribution is 2.23. The number of carbonyl (C=O) groups excluding carboxylic acids is 1. The van der Waals surface area contributed by atoms with Gasteiger partial charge in [0.2, 0.25) is 0 Å². The van der Waals surface area contributed by atoms with Crippen molar-refractivity contribution in [3.05, 3.63) is 47.9 Å². The van der Waals surface area contributed by atoms with Crippen molar-refractivity contribution in [3.63, 3.8) is 0 Å². The smallest absolute Gasteiger partial charge is 0.250 e. The van der Waals surface area contributed by atoms with Gasteiger partial charge in [0.15, 0.2) is 0 Å². The SMILES string of the molecule is NCc1ncccc1-c1ncccc1C(N)=O. The number of nitrogens with two attached hydrogens (primary N) is 2. The zero-order valence-electron chi connectivity index (χ0n) is 9.13. The molecule has 0 aromatic carbocycles. The lowest BCUT2D eigenvalue weighted by atomic mass is 10.0. The van der Waals surface area contributed by atoms with E-state index < -0.39 is 5.91 Å². The average molecular weight is 228 g/mol. The molecular formula is C12H12N4O. The Balaban J connectivity index is 2.64. The van der Waals surface area contributed by atoms with Gasteiger partial charge in [-0.2, -0.15) is 0 Å². The zero-order chi connectivity index (χ0) is 12.3. The Bertz CT molecular complexity index is 554. The minimum Gasteiger partial charge on any atom is -0.366 e. The Hall–Kier alpha value is -2.27. The molecule has 0 unspecified atom stereocenters. The number of primary amides is 1. The van der Waals surface area contributed by atoms with Crippen molar-refractivity contribution in [2.75, 3.05) is 0 Å². The molecule has 0 fully saturated rings. The quantitative estimate of drug-likeness (QED) is 0.808. The largest absolute Gasteiger partial charge is 0.366 e. The van der Waals surface area contributed by atoms with Crippen LogP contribution in [0.25, 0.3) is 11.3 Å². The van der Waals surface area contributed by atoms with Gasteiger partial charge in [-0.3, -0.25) is 14.8 Å². The summed E-state index contributed by atoms with van der Waals surface area (Å²) in [5.74, 6) is -0.514. The fraction of sp³-hybridized carbons (Fsp3) is 0.0833. The maximum absolute atomic E-state index is 11.3. The van der Waals surface area contributed by atoms with Crippen LogP contribution in [-0.4, -0.2) is 15.9 Å². The molecule has 0 atom stereocenters. The van der Waals surface area contributed by atoms with Crippen molar-refractivity contribution in [1.82, 2.24) is 9.97 Å². The zero-order valence-corrected chi connectivity index (χ0v) is 9.13. The summed E-state index contributed by atoms with van der Waals surface area (Å²) in [6.45, 7) is 0.283. The van der Waals surface area contributed by atoms with Gasteiger partial charge in [0.25, 0.3) is 5.91 Å². The molecule has 0 radical (unpaired) electrons. The van der Waals surface area contributed by atoms with Crippen molar-refractivity contribution in [1.29, 1.82) is 0 Å². The van der Waals surface area contributed by atoms with Gasteiger partial charge in [0.05, 0.1) is 17.0 Å². The van der Waals surface area contributed by atoms with Gasteiger partial charge < -0.3 is 11.5 Å². The van der Waals surface area contributed by atoms with Crippen LogP contribution in [0, 0.1) is 0 Å². The van der Waals surface area contributed by atoms with Crippen LogP contribution in [0.1, 0.15) is 16.1 Å². The lowest BCUT2D eigenvalue weighted by Crippen LogP contribution is -2.14. The molecule has 86 valence electrons. The van der Waals surface area contributed by atoms with Crippen LogP contribution in [0.2, 0.25) is 0 Å². The molecule has 0 aliphatic carbocycles. The highest BCUT2D eigenvalue weighted by atomic mass is 16.1.